The van der Waals surface area contributed by atoms with Gasteiger partial charge in [0, 0.05) is 42.8 Å². The number of benzene rings is 1. The van der Waals surface area contributed by atoms with Crippen LogP contribution in [0.3, 0.4) is 0 Å². The van der Waals surface area contributed by atoms with Crippen LogP contribution in [0.4, 0.5) is 8.78 Å². The van der Waals surface area contributed by atoms with E-state index in [9.17, 15) is 17.2 Å². The minimum absolute atomic E-state index is 0.0691. The fraction of sp³-hybridized carbons (Fsp3) is 0.438. The Labute approximate surface area is 166 Å². The lowest BCUT2D eigenvalue weighted by Gasteiger charge is -2.34. The van der Waals surface area contributed by atoms with Gasteiger partial charge in [0.15, 0.2) is 0 Å². The summed E-state index contributed by atoms with van der Waals surface area (Å²) in [5, 5.41) is 4.61. The van der Waals surface area contributed by atoms with Crippen LogP contribution < -0.4 is 0 Å². The minimum Gasteiger partial charge on any atom is -0.296 e. The molecule has 0 unspecified atom stereocenters. The number of piperazine rings is 1. The highest BCUT2D eigenvalue weighted by molar-refractivity contribution is 7.89. The second kappa shape index (κ2) is 8.00. The van der Waals surface area contributed by atoms with Crippen molar-refractivity contribution in [2.45, 2.75) is 24.9 Å². The first-order chi connectivity index (χ1) is 12.7. The molecule has 0 radical (unpaired) electrons. The van der Waals surface area contributed by atoms with Gasteiger partial charge < -0.3 is 0 Å². The predicted molar refractivity (Wildman–Crippen MR) is 98.7 cm³/mol. The summed E-state index contributed by atoms with van der Waals surface area (Å²) >= 11 is 12.1. The van der Waals surface area contributed by atoms with E-state index in [4.69, 9.17) is 23.2 Å². The van der Waals surface area contributed by atoms with Crippen LogP contribution in [-0.2, 0) is 16.6 Å². The van der Waals surface area contributed by atoms with Crippen LogP contribution in [0, 0.1) is 6.92 Å². The molecular weight excluding hydrogens is 421 g/mol. The molecule has 3 rings (SSSR count). The number of hydrogen-bond acceptors (Lipinski definition) is 4. The van der Waals surface area contributed by atoms with Crippen molar-refractivity contribution in [3.05, 3.63) is 45.7 Å². The van der Waals surface area contributed by atoms with Gasteiger partial charge in [-0.2, -0.15) is 18.2 Å². The van der Waals surface area contributed by atoms with Crippen LogP contribution >= 0.6 is 23.2 Å². The highest BCUT2D eigenvalue weighted by atomic mass is 35.5. The van der Waals surface area contributed by atoms with Crippen molar-refractivity contribution < 1.29 is 17.2 Å². The number of aromatic nitrogens is 2. The molecule has 148 valence electrons. The third-order valence-electron chi connectivity index (χ3n) is 4.54. The molecule has 6 nitrogen and oxygen atoms in total. The number of halogens is 4. The SMILES string of the molecule is Cc1c(S(=O)(=O)N2CCN(Cc3ccc(Cl)cc3Cl)CC2)cnn1C(F)F. The molecule has 1 aliphatic heterocycles. The normalized spacial score (nSPS) is 17.0. The van der Waals surface area contributed by atoms with Gasteiger partial charge in [-0.1, -0.05) is 29.3 Å². The maximum Gasteiger partial charge on any atom is 0.333 e. The Kier molecular flexibility index (Phi) is 6.07. The molecule has 2 aromatic rings. The lowest BCUT2D eigenvalue weighted by atomic mass is 10.2. The molecule has 11 heteroatoms. The van der Waals surface area contributed by atoms with Crippen molar-refractivity contribution >= 4 is 33.2 Å². The van der Waals surface area contributed by atoms with Crippen LogP contribution in [0.2, 0.25) is 10.0 Å². The molecule has 0 amide bonds. The van der Waals surface area contributed by atoms with Gasteiger partial charge in [0.2, 0.25) is 10.0 Å². The molecule has 0 N–H and O–H groups in total. The predicted octanol–water partition coefficient (Wildman–Crippen LogP) is 3.40. The fourth-order valence-electron chi connectivity index (χ4n) is 3.02. The first kappa shape index (κ1) is 20.5. The standard InChI is InChI=1S/C16H18Cl2F2N4O2S/c1-11-15(9-21-24(11)16(19)20)27(25,26)23-6-4-22(5-7-23)10-12-2-3-13(17)8-14(12)18/h2-3,8-9,16H,4-7,10H2,1H3. The Bertz CT molecular complexity index is 928. The molecule has 27 heavy (non-hydrogen) atoms. The lowest BCUT2D eigenvalue weighted by Crippen LogP contribution is -2.48. The third-order valence-corrected chi connectivity index (χ3v) is 7.13. The number of sulfonamides is 1. The summed E-state index contributed by atoms with van der Waals surface area (Å²) in [6, 6.07) is 5.27. The van der Waals surface area contributed by atoms with Crippen LogP contribution in [-0.4, -0.2) is 53.6 Å². The maximum absolute atomic E-state index is 12.9. The fourth-order valence-corrected chi connectivity index (χ4v) is 5.05. The summed E-state index contributed by atoms with van der Waals surface area (Å²) in [7, 11) is -3.87. The van der Waals surface area contributed by atoms with Gasteiger partial charge in [0.25, 0.3) is 0 Å². The van der Waals surface area contributed by atoms with Gasteiger partial charge in [0.05, 0.1) is 11.9 Å². The molecular formula is C16H18Cl2F2N4O2S. The van der Waals surface area contributed by atoms with Gasteiger partial charge in [-0.3, -0.25) is 4.90 Å². The van der Waals surface area contributed by atoms with E-state index in [1.54, 1.807) is 12.1 Å². The van der Waals surface area contributed by atoms with Gasteiger partial charge in [0.1, 0.15) is 4.90 Å². The van der Waals surface area contributed by atoms with Crippen molar-refractivity contribution in [1.82, 2.24) is 19.0 Å². The van der Waals surface area contributed by atoms with Crippen molar-refractivity contribution in [2.75, 3.05) is 26.2 Å². The Morgan fingerprint density at radius 2 is 1.85 bits per heavy atom. The second-order valence-corrected chi connectivity index (χ2v) is 8.98. The van der Waals surface area contributed by atoms with Crippen LogP contribution in [0.5, 0.6) is 0 Å². The molecule has 1 aromatic carbocycles. The van der Waals surface area contributed by atoms with Crippen LogP contribution in [0.1, 0.15) is 17.8 Å². The summed E-state index contributed by atoms with van der Waals surface area (Å²) in [5.41, 5.74) is 0.840. The quantitative estimate of drug-likeness (QED) is 0.717. The molecule has 0 bridgehead atoms. The highest BCUT2D eigenvalue weighted by Crippen LogP contribution is 2.25. The van der Waals surface area contributed by atoms with Gasteiger partial charge in [-0.25, -0.2) is 13.1 Å². The molecule has 1 aromatic heterocycles. The molecule has 1 fully saturated rings. The van der Waals surface area contributed by atoms with Gasteiger partial charge in [-0.15, -0.1) is 0 Å². The second-order valence-electron chi connectivity index (χ2n) is 6.23. The van der Waals surface area contributed by atoms with E-state index >= 15 is 0 Å². The smallest absolute Gasteiger partial charge is 0.296 e. The number of nitrogens with zero attached hydrogens (tertiary/aromatic N) is 4. The minimum atomic E-state index is -3.87. The third kappa shape index (κ3) is 4.27. The average Bonchev–Trinajstić information content (AvgIpc) is 3.00. The Morgan fingerprint density at radius 1 is 1.19 bits per heavy atom. The van der Waals surface area contributed by atoms with Crippen molar-refractivity contribution in [3.63, 3.8) is 0 Å². The summed E-state index contributed by atoms with van der Waals surface area (Å²) in [6.45, 7) is 0.534. The first-order valence-corrected chi connectivity index (χ1v) is 10.4. The summed E-state index contributed by atoms with van der Waals surface area (Å²) < 4.78 is 53.0. The lowest BCUT2D eigenvalue weighted by molar-refractivity contribution is 0.0541. The number of rotatable bonds is 5. The summed E-state index contributed by atoms with van der Waals surface area (Å²) in [5.74, 6) is 0. The van der Waals surface area contributed by atoms with E-state index in [2.05, 4.69) is 10.00 Å². The molecule has 2 heterocycles. The first-order valence-electron chi connectivity index (χ1n) is 8.19. The van der Waals surface area contributed by atoms with Crippen LogP contribution in [0.25, 0.3) is 0 Å². The monoisotopic (exact) mass is 438 g/mol. The topological polar surface area (TPSA) is 58.4 Å². The van der Waals surface area contributed by atoms with Crippen molar-refractivity contribution in [2.24, 2.45) is 0 Å². The zero-order valence-electron chi connectivity index (χ0n) is 14.4. The van der Waals surface area contributed by atoms with Crippen molar-refractivity contribution in [3.8, 4) is 0 Å². The molecule has 0 saturated carbocycles. The molecule has 1 aliphatic rings. The zero-order chi connectivity index (χ0) is 19.8. The van der Waals surface area contributed by atoms with Gasteiger partial charge in [-0.05, 0) is 24.6 Å². The van der Waals surface area contributed by atoms with E-state index in [-0.39, 0.29) is 23.7 Å². The number of hydrogen-bond donors (Lipinski definition) is 0. The Morgan fingerprint density at radius 3 is 2.41 bits per heavy atom. The largest absolute Gasteiger partial charge is 0.333 e. The van der Waals surface area contributed by atoms with E-state index in [1.807, 2.05) is 6.07 Å². The number of alkyl halides is 2. The molecule has 0 atom stereocenters. The van der Waals surface area contributed by atoms with E-state index in [1.165, 1.54) is 11.2 Å². The van der Waals surface area contributed by atoms with E-state index in [0.717, 1.165) is 11.8 Å². The Hall–Kier alpha value is -1.26. The van der Waals surface area contributed by atoms with E-state index < -0.39 is 16.6 Å². The summed E-state index contributed by atoms with van der Waals surface area (Å²) in [4.78, 5) is 1.90. The zero-order valence-corrected chi connectivity index (χ0v) is 16.8. The molecule has 1 saturated heterocycles. The average molecular weight is 439 g/mol. The molecule has 0 spiro atoms. The molecule has 0 aliphatic carbocycles. The highest BCUT2D eigenvalue weighted by Gasteiger charge is 2.32. The Balaban J connectivity index is 1.68. The van der Waals surface area contributed by atoms with Crippen LogP contribution in [0.15, 0.2) is 29.3 Å². The summed E-state index contributed by atoms with van der Waals surface area (Å²) in [6.07, 6.45) is 0.983. The van der Waals surface area contributed by atoms with E-state index in [0.29, 0.717) is 34.4 Å². The maximum atomic E-state index is 12.9. The van der Waals surface area contributed by atoms with Crippen molar-refractivity contribution in [1.29, 1.82) is 0 Å². The van der Waals surface area contributed by atoms with Gasteiger partial charge >= 0.3 is 6.55 Å².